The van der Waals surface area contributed by atoms with E-state index >= 15 is 0 Å². The molecule has 1 N–H and O–H groups in total. The van der Waals surface area contributed by atoms with Crippen molar-refractivity contribution in [2.24, 2.45) is 0 Å². The lowest BCUT2D eigenvalue weighted by atomic mass is 10.0. The van der Waals surface area contributed by atoms with E-state index in [1.165, 1.54) is 0 Å². The van der Waals surface area contributed by atoms with Crippen LogP contribution in [0.3, 0.4) is 0 Å². The quantitative estimate of drug-likeness (QED) is 0.763. The van der Waals surface area contributed by atoms with E-state index in [1.54, 1.807) is 0 Å². The topological polar surface area (TPSA) is 55.2 Å². The monoisotopic (exact) mass is 237 g/mol. The van der Waals surface area contributed by atoms with Gasteiger partial charge in [0, 0.05) is 32.7 Å². The summed E-state index contributed by atoms with van der Waals surface area (Å²) in [5.74, 6) is 1.06. The Morgan fingerprint density at radius 1 is 1.47 bits per heavy atom. The summed E-state index contributed by atoms with van der Waals surface area (Å²) in [5.41, 5.74) is 0.0653. The van der Waals surface area contributed by atoms with E-state index in [0.29, 0.717) is 0 Å². The number of nitrogens with one attached hydrogen (secondary N) is 1. The molecule has 0 unspecified atom stereocenters. The molecule has 0 amide bonds. The summed E-state index contributed by atoms with van der Waals surface area (Å²) in [6.45, 7) is 8.82. The number of aromatic nitrogens is 3. The van der Waals surface area contributed by atoms with Crippen LogP contribution in [0, 0.1) is 0 Å². The van der Waals surface area contributed by atoms with Gasteiger partial charge in [-0.25, -0.2) is 0 Å². The summed E-state index contributed by atoms with van der Waals surface area (Å²) in [5, 5.41) is 11.3. The fourth-order valence-corrected chi connectivity index (χ4v) is 2.31. The predicted octanol–water partition coefficient (Wildman–Crippen LogP) is -0.528. The van der Waals surface area contributed by atoms with Crippen molar-refractivity contribution >= 4 is 0 Å². The molecule has 3 heterocycles. The zero-order chi connectivity index (χ0) is 11.7. The second-order valence-corrected chi connectivity index (χ2v) is 5.12. The highest BCUT2D eigenvalue weighted by Gasteiger charge is 2.32. The van der Waals surface area contributed by atoms with Crippen molar-refractivity contribution in [3.8, 4) is 0 Å². The van der Waals surface area contributed by atoms with E-state index < -0.39 is 0 Å². The molecule has 2 aliphatic rings. The van der Waals surface area contributed by atoms with Gasteiger partial charge in [-0.05, 0) is 6.92 Å². The molecule has 0 saturated carbocycles. The van der Waals surface area contributed by atoms with Crippen molar-refractivity contribution in [1.82, 2.24) is 25.0 Å². The van der Waals surface area contributed by atoms with Gasteiger partial charge in [-0.2, -0.15) is 0 Å². The molecular formula is C11H19N5O. The molecule has 0 spiro atoms. The molecule has 1 aromatic heterocycles. The number of rotatable bonds is 4. The van der Waals surface area contributed by atoms with Crippen LogP contribution in [0.4, 0.5) is 0 Å². The van der Waals surface area contributed by atoms with E-state index in [2.05, 4.69) is 31.9 Å². The number of nitrogens with zero attached hydrogens (tertiary/aromatic N) is 4. The summed E-state index contributed by atoms with van der Waals surface area (Å²) in [4.78, 5) is 2.37. The summed E-state index contributed by atoms with van der Waals surface area (Å²) in [6.07, 6.45) is 1.81. The van der Waals surface area contributed by atoms with Crippen LogP contribution in [-0.2, 0) is 17.8 Å². The highest BCUT2D eigenvalue weighted by molar-refractivity contribution is 4.91. The second kappa shape index (κ2) is 4.36. The van der Waals surface area contributed by atoms with E-state index in [-0.39, 0.29) is 5.60 Å². The van der Waals surface area contributed by atoms with Crippen molar-refractivity contribution in [3.63, 3.8) is 0 Å². The minimum Gasteiger partial charge on any atom is -0.371 e. The van der Waals surface area contributed by atoms with Crippen molar-refractivity contribution in [2.75, 3.05) is 32.8 Å². The lowest BCUT2D eigenvalue weighted by Gasteiger charge is -2.39. The molecule has 6 nitrogen and oxygen atoms in total. The van der Waals surface area contributed by atoms with Crippen molar-refractivity contribution in [1.29, 1.82) is 0 Å². The summed E-state index contributed by atoms with van der Waals surface area (Å²) < 4.78 is 8.01. The number of ether oxygens (including phenoxy) is 1. The maximum Gasteiger partial charge on any atom is 0.147 e. The second-order valence-electron chi connectivity index (χ2n) is 5.12. The number of hydrogen-bond donors (Lipinski definition) is 1. The Bertz CT molecular complexity index is 387. The van der Waals surface area contributed by atoms with Crippen LogP contribution in [0.2, 0.25) is 0 Å². The van der Waals surface area contributed by atoms with Gasteiger partial charge in [-0.3, -0.25) is 4.90 Å². The molecule has 94 valence electrons. The van der Waals surface area contributed by atoms with Crippen LogP contribution in [0.15, 0.2) is 6.33 Å². The third kappa shape index (κ3) is 2.34. The average molecular weight is 237 g/mol. The highest BCUT2D eigenvalue weighted by atomic mass is 16.5. The van der Waals surface area contributed by atoms with Gasteiger partial charge in [-0.15, -0.1) is 10.2 Å². The Kier molecular flexibility index (Phi) is 2.85. The van der Waals surface area contributed by atoms with Gasteiger partial charge in [0.05, 0.1) is 18.8 Å². The maximum absolute atomic E-state index is 5.89. The predicted molar refractivity (Wildman–Crippen MR) is 62.5 cm³/mol. The molecule has 0 aromatic carbocycles. The summed E-state index contributed by atoms with van der Waals surface area (Å²) in [7, 11) is 0. The zero-order valence-corrected chi connectivity index (χ0v) is 10.2. The molecule has 17 heavy (non-hydrogen) atoms. The first-order chi connectivity index (χ1) is 8.25. The van der Waals surface area contributed by atoms with Gasteiger partial charge in [0.1, 0.15) is 12.2 Å². The van der Waals surface area contributed by atoms with Crippen molar-refractivity contribution < 1.29 is 4.74 Å². The summed E-state index contributed by atoms with van der Waals surface area (Å²) >= 11 is 0. The van der Waals surface area contributed by atoms with Crippen LogP contribution in [0.25, 0.3) is 0 Å². The third-order valence-corrected chi connectivity index (χ3v) is 3.57. The fourth-order valence-electron chi connectivity index (χ4n) is 2.31. The Labute approximate surface area is 101 Å². The van der Waals surface area contributed by atoms with E-state index in [1.807, 2.05) is 6.33 Å². The van der Waals surface area contributed by atoms with Gasteiger partial charge in [0.2, 0.25) is 0 Å². The van der Waals surface area contributed by atoms with Gasteiger partial charge >= 0.3 is 0 Å². The molecule has 1 fully saturated rings. The first kappa shape index (κ1) is 11.1. The van der Waals surface area contributed by atoms with Gasteiger partial charge in [0.25, 0.3) is 0 Å². The van der Waals surface area contributed by atoms with E-state index in [0.717, 1.165) is 51.7 Å². The normalized spacial score (nSPS) is 23.1. The van der Waals surface area contributed by atoms with Crippen LogP contribution < -0.4 is 5.32 Å². The number of hydrogen-bond acceptors (Lipinski definition) is 5. The smallest absolute Gasteiger partial charge is 0.147 e. The molecule has 1 aromatic rings. The Morgan fingerprint density at radius 2 is 2.35 bits per heavy atom. The Morgan fingerprint density at radius 3 is 3.12 bits per heavy atom. The van der Waals surface area contributed by atoms with Crippen LogP contribution >= 0.6 is 0 Å². The van der Waals surface area contributed by atoms with E-state index in [9.17, 15) is 0 Å². The zero-order valence-electron chi connectivity index (χ0n) is 10.2. The highest BCUT2D eigenvalue weighted by Crippen LogP contribution is 2.15. The molecule has 2 aliphatic heterocycles. The molecule has 0 atom stereocenters. The first-order valence-corrected chi connectivity index (χ1v) is 6.19. The molecule has 1 saturated heterocycles. The third-order valence-electron chi connectivity index (χ3n) is 3.57. The Hall–Kier alpha value is -0.980. The molecule has 6 heteroatoms. The minimum absolute atomic E-state index is 0.0653. The van der Waals surface area contributed by atoms with Crippen LogP contribution in [0.1, 0.15) is 12.7 Å². The van der Waals surface area contributed by atoms with Gasteiger partial charge < -0.3 is 14.6 Å². The van der Waals surface area contributed by atoms with Gasteiger partial charge in [0.15, 0.2) is 0 Å². The number of fused-ring (bicyclic) bond motifs is 1. The van der Waals surface area contributed by atoms with E-state index in [4.69, 9.17) is 4.74 Å². The SMILES string of the molecule is CC1(OCCN2CCn3cnnc3C2)CNC1. The van der Waals surface area contributed by atoms with Crippen LogP contribution in [0.5, 0.6) is 0 Å². The molecule has 0 bridgehead atoms. The molecular weight excluding hydrogens is 218 g/mol. The maximum atomic E-state index is 5.89. The summed E-state index contributed by atoms with van der Waals surface area (Å²) in [6, 6.07) is 0. The van der Waals surface area contributed by atoms with Crippen molar-refractivity contribution in [2.45, 2.75) is 25.6 Å². The minimum atomic E-state index is 0.0653. The molecule has 0 aliphatic carbocycles. The average Bonchev–Trinajstić information content (AvgIpc) is 2.74. The first-order valence-electron chi connectivity index (χ1n) is 6.19. The molecule has 0 radical (unpaired) electrons. The lowest BCUT2D eigenvalue weighted by molar-refractivity contribution is -0.0734. The fraction of sp³-hybridized carbons (Fsp3) is 0.818. The lowest BCUT2D eigenvalue weighted by Crippen LogP contribution is -2.59. The molecule has 3 rings (SSSR count). The standard InChI is InChI=1S/C11H19N5O/c1-11(7-12-8-11)17-5-4-15-2-3-16-9-13-14-10(16)6-15/h9,12H,2-8H2,1H3. The largest absolute Gasteiger partial charge is 0.371 e. The Balaban J connectivity index is 1.45. The van der Waals surface area contributed by atoms with Gasteiger partial charge in [-0.1, -0.05) is 0 Å². The van der Waals surface area contributed by atoms with Crippen molar-refractivity contribution in [3.05, 3.63) is 12.2 Å². The van der Waals surface area contributed by atoms with Crippen LogP contribution in [-0.4, -0.2) is 58.1 Å².